The van der Waals surface area contributed by atoms with Crippen molar-refractivity contribution in [3.05, 3.63) is 34.3 Å². The molecule has 0 radical (unpaired) electrons. The van der Waals surface area contributed by atoms with Gasteiger partial charge < -0.3 is 10.2 Å². The van der Waals surface area contributed by atoms with E-state index in [9.17, 15) is 0 Å². The van der Waals surface area contributed by atoms with E-state index < -0.39 is 0 Å². The maximum Gasteiger partial charge on any atom is 0.0213 e. The molecule has 1 N–H and O–H groups in total. The van der Waals surface area contributed by atoms with E-state index in [1.807, 2.05) is 0 Å². The standard InChI is InChI=1S/C16H23BrN2/c1-19-10-6-13(7-11-19)16(8-9-18-12-16)14-4-2-3-5-15(14)17/h2-5,13,18H,6-12H2,1H3. The van der Waals surface area contributed by atoms with Gasteiger partial charge in [-0.05, 0) is 63.5 Å². The lowest BCUT2D eigenvalue weighted by atomic mass is 9.66. The number of nitrogens with one attached hydrogen (secondary N) is 1. The van der Waals surface area contributed by atoms with Crippen LogP contribution in [0.3, 0.4) is 0 Å². The molecular weight excluding hydrogens is 300 g/mol. The van der Waals surface area contributed by atoms with Crippen LogP contribution in [0, 0.1) is 5.92 Å². The summed E-state index contributed by atoms with van der Waals surface area (Å²) in [4.78, 5) is 2.46. The Hall–Kier alpha value is -0.380. The second-order valence-electron chi connectivity index (χ2n) is 6.14. The van der Waals surface area contributed by atoms with Crippen LogP contribution in [-0.2, 0) is 5.41 Å². The fraction of sp³-hybridized carbons (Fsp3) is 0.625. The van der Waals surface area contributed by atoms with Crippen LogP contribution in [0.2, 0.25) is 0 Å². The van der Waals surface area contributed by atoms with Gasteiger partial charge in [0.1, 0.15) is 0 Å². The number of hydrogen-bond donors (Lipinski definition) is 1. The van der Waals surface area contributed by atoms with Crippen LogP contribution in [0.25, 0.3) is 0 Å². The van der Waals surface area contributed by atoms with Crippen LogP contribution in [0.5, 0.6) is 0 Å². The van der Waals surface area contributed by atoms with Gasteiger partial charge in [0.15, 0.2) is 0 Å². The second-order valence-corrected chi connectivity index (χ2v) is 6.99. The largest absolute Gasteiger partial charge is 0.316 e. The molecule has 2 aliphatic heterocycles. The normalized spacial score (nSPS) is 29.8. The highest BCUT2D eigenvalue weighted by Gasteiger charge is 2.44. The van der Waals surface area contributed by atoms with Crippen LogP contribution in [-0.4, -0.2) is 38.1 Å². The average molecular weight is 323 g/mol. The van der Waals surface area contributed by atoms with Gasteiger partial charge in [-0.2, -0.15) is 0 Å². The molecule has 0 aromatic heterocycles. The van der Waals surface area contributed by atoms with Gasteiger partial charge in [-0.1, -0.05) is 34.1 Å². The maximum absolute atomic E-state index is 3.78. The van der Waals surface area contributed by atoms with Gasteiger partial charge in [-0.25, -0.2) is 0 Å². The third-order valence-corrected chi connectivity index (χ3v) is 5.79. The quantitative estimate of drug-likeness (QED) is 0.900. The summed E-state index contributed by atoms with van der Waals surface area (Å²) in [6.07, 6.45) is 3.95. The first kappa shape index (κ1) is 13.6. The molecular formula is C16H23BrN2. The van der Waals surface area contributed by atoms with E-state index >= 15 is 0 Å². The fourth-order valence-electron chi connectivity index (χ4n) is 3.94. The molecule has 0 bridgehead atoms. The lowest BCUT2D eigenvalue weighted by molar-refractivity contribution is 0.153. The van der Waals surface area contributed by atoms with E-state index in [4.69, 9.17) is 0 Å². The third kappa shape index (κ3) is 2.48. The molecule has 0 spiro atoms. The Kier molecular flexibility index (Phi) is 3.97. The summed E-state index contributed by atoms with van der Waals surface area (Å²) in [6, 6.07) is 8.84. The van der Waals surface area contributed by atoms with Crippen molar-refractivity contribution in [2.24, 2.45) is 5.92 Å². The fourth-order valence-corrected chi connectivity index (χ4v) is 4.62. The van der Waals surface area contributed by atoms with E-state index in [-0.39, 0.29) is 0 Å². The van der Waals surface area contributed by atoms with Gasteiger partial charge in [-0.3, -0.25) is 0 Å². The smallest absolute Gasteiger partial charge is 0.0213 e. The minimum absolute atomic E-state index is 0.349. The second kappa shape index (κ2) is 5.55. The van der Waals surface area contributed by atoms with Gasteiger partial charge in [-0.15, -0.1) is 0 Å². The molecule has 1 atom stereocenters. The zero-order valence-corrected chi connectivity index (χ0v) is 13.2. The van der Waals surface area contributed by atoms with Crippen molar-refractivity contribution in [1.82, 2.24) is 10.2 Å². The van der Waals surface area contributed by atoms with Gasteiger partial charge in [0.25, 0.3) is 0 Å². The molecule has 0 amide bonds. The number of hydrogen-bond acceptors (Lipinski definition) is 2. The summed E-state index contributed by atoms with van der Waals surface area (Å²) < 4.78 is 1.29. The zero-order chi connectivity index (χ0) is 13.3. The van der Waals surface area contributed by atoms with Crippen molar-refractivity contribution < 1.29 is 0 Å². The van der Waals surface area contributed by atoms with Crippen molar-refractivity contribution in [3.63, 3.8) is 0 Å². The number of rotatable bonds is 2. The van der Waals surface area contributed by atoms with Crippen LogP contribution in [0.15, 0.2) is 28.7 Å². The lowest BCUT2D eigenvalue weighted by Gasteiger charge is -2.42. The van der Waals surface area contributed by atoms with E-state index in [2.05, 4.69) is 57.5 Å². The molecule has 2 nitrogen and oxygen atoms in total. The highest BCUT2D eigenvalue weighted by Crippen LogP contribution is 2.45. The Morgan fingerprint density at radius 3 is 2.63 bits per heavy atom. The number of piperidine rings is 1. The van der Waals surface area contributed by atoms with Crippen LogP contribution in [0.1, 0.15) is 24.8 Å². The number of likely N-dealkylation sites (tertiary alicyclic amines) is 1. The van der Waals surface area contributed by atoms with Crippen LogP contribution >= 0.6 is 15.9 Å². The predicted molar refractivity (Wildman–Crippen MR) is 83.5 cm³/mol. The molecule has 2 fully saturated rings. The minimum Gasteiger partial charge on any atom is -0.316 e. The Labute approximate surface area is 124 Å². The first-order valence-electron chi connectivity index (χ1n) is 7.37. The van der Waals surface area contributed by atoms with Crippen LogP contribution in [0.4, 0.5) is 0 Å². The van der Waals surface area contributed by atoms with Gasteiger partial charge in [0.2, 0.25) is 0 Å². The average Bonchev–Trinajstić information content (AvgIpc) is 2.90. The summed E-state index contributed by atoms with van der Waals surface area (Å²) >= 11 is 3.78. The van der Waals surface area contributed by atoms with Crippen molar-refractivity contribution in [2.45, 2.75) is 24.7 Å². The zero-order valence-electron chi connectivity index (χ0n) is 11.7. The van der Waals surface area contributed by atoms with E-state index in [0.717, 1.165) is 19.0 Å². The Bertz CT molecular complexity index is 432. The summed E-state index contributed by atoms with van der Waals surface area (Å²) in [6.45, 7) is 4.80. The van der Waals surface area contributed by atoms with Crippen molar-refractivity contribution in [3.8, 4) is 0 Å². The Morgan fingerprint density at radius 1 is 1.26 bits per heavy atom. The van der Waals surface area contributed by atoms with Crippen molar-refractivity contribution >= 4 is 15.9 Å². The number of halogens is 1. The number of benzene rings is 1. The molecule has 19 heavy (non-hydrogen) atoms. The summed E-state index contributed by atoms with van der Waals surface area (Å²) in [5, 5.41) is 3.61. The summed E-state index contributed by atoms with van der Waals surface area (Å²) in [5.74, 6) is 0.817. The molecule has 0 saturated carbocycles. The molecule has 1 unspecified atom stereocenters. The number of nitrogens with zero attached hydrogens (tertiary/aromatic N) is 1. The molecule has 1 aromatic carbocycles. The molecule has 2 aliphatic rings. The molecule has 2 saturated heterocycles. The van der Waals surface area contributed by atoms with E-state index in [1.165, 1.54) is 42.4 Å². The highest BCUT2D eigenvalue weighted by atomic mass is 79.9. The van der Waals surface area contributed by atoms with Crippen molar-refractivity contribution in [2.75, 3.05) is 33.2 Å². The first-order chi connectivity index (χ1) is 9.22. The SMILES string of the molecule is CN1CCC(C2(c3ccccc3Br)CCNC2)CC1. The maximum atomic E-state index is 3.78. The molecule has 1 aromatic rings. The van der Waals surface area contributed by atoms with Gasteiger partial charge in [0.05, 0.1) is 0 Å². The summed E-state index contributed by atoms with van der Waals surface area (Å²) in [5.41, 5.74) is 1.87. The summed E-state index contributed by atoms with van der Waals surface area (Å²) in [7, 11) is 2.24. The topological polar surface area (TPSA) is 15.3 Å². The monoisotopic (exact) mass is 322 g/mol. The minimum atomic E-state index is 0.349. The van der Waals surface area contributed by atoms with Crippen molar-refractivity contribution in [1.29, 1.82) is 0 Å². The van der Waals surface area contributed by atoms with E-state index in [1.54, 1.807) is 0 Å². The Balaban J connectivity index is 1.93. The predicted octanol–water partition coefficient (Wildman–Crippen LogP) is 3.02. The van der Waals surface area contributed by atoms with Gasteiger partial charge >= 0.3 is 0 Å². The van der Waals surface area contributed by atoms with Gasteiger partial charge in [0, 0.05) is 16.4 Å². The molecule has 3 rings (SSSR count). The van der Waals surface area contributed by atoms with Crippen LogP contribution < -0.4 is 5.32 Å². The molecule has 104 valence electrons. The molecule has 2 heterocycles. The third-order valence-electron chi connectivity index (χ3n) is 5.10. The Morgan fingerprint density at radius 2 is 2.00 bits per heavy atom. The first-order valence-corrected chi connectivity index (χ1v) is 8.16. The molecule has 0 aliphatic carbocycles. The van der Waals surface area contributed by atoms with E-state index in [0.29, 0.717) is 5.41 Å². The molecule has 3 heteroatoms. The highest BCUT2D eigenvalue weighted by molar-refractivity contribution is 9.10. The lowest BCUT2D eigenvalue weighted by Crippen LogP contribution is -2.44.